The second-order valence-electron chi connectivity index (χ2n) is 7.82. The summed E-state index contributed by atoms with van der Waals surface area (Å²) in [5.74, 6) is -0.116. The molecular weight excluding hydrogens is 516 g/mol. The monoisotopic (exact) mass is 538 g/mol. The molecule has 0 spiro atoms. The van der Waals surface area contributed by atoms with Gasteiger partial charge in [0.2, 0.25) is 0 Å². The summed E-state index contributed by atoms with van der Waals surface area (Å²) in [4.78, 5) is 38.7. The smallest absolute Gasteiger partial charge is 0.331 e. The van der Waals surface area contributed by atoms with Crippen molar-refractivity contribution in [3.05, 3.63) is 87.3 Å². The van der Waals surface area contributed by atoms with Crippen LogP contribution in [0.1, 0.15) is 29.4 Å². The number of carbonyl (C=O) groups excluding carboxylic acids is 3. The highest BCUT2D eigenvalue weighted by Gasteiger charge is 2.36. The maximum atomic E-state index is 13.0. The molecule has 0 aliphatic carbocycles. The predicted octanol–water partition coefficient (Wildman–Crippen LogP) is 4.99. The number of carbonyl (C=O) groups is 3. The molecule has 1 aliphatic heterocycles. The molecule has 0 atom stereocenters. The van der Waals surface area contributed by atoms with Crippen LogP contribution in [0.5, 0.6) is 11.5 Å². The van der Waals surface area contributed by atoms with Gasteiger partial charge in [0.15, 0.2) is 11.5 Å². The Balaban J connectivity index is 1.61. The van der Waals surface area contributed by atoms with Crippen LogP contribution in [0.2, 0.25) is 0 Å². The van der Waals surface area contributed by atoms with Crippen molar-refractivity contribution in [2.24, 2.45) is 0 Å². The van der Waals surface area contributed by atoms with Gasteiger partial charge in [-0.2, -0.15) is 0 Å². The molecule has 4 rings (SSSR count). The Labute approximate surface area is 210 Å². The summed E-state index contributed by atoms with van der Waals surface area (Å²) in [6.07, 6.45) is 2.86. The number of aryl methyl sites for hydroxylation is 1. The number of urea groups is 1. The van der Waals surface area contributed by atoms with Gasteiger partial charge in [-0.1, -0.05) is 45.8 Å². The Hall–Kier alpha value is -3.85. The van der Waals surface area contributed by atoms with Gasteiger partial charge in [-0.25, -0.2) is 4.79 Å². The lowest BCUT2D eigenvalue weighted by atomic mass is 10.1. The van der Waals surface area contributed by atoms with E-state index in [9.17, 15) is 14.4 Å². The molecule has 8 nitrogen and oxygen atoms in total. The van der Waals surface area contributed by atoms with E-state index in [1.807, 2.05) is 38.1 Å². The summed E-state index contributed by atoms with van der Waals surface area (Å²) >= 11 is 3.49. The lowest BCUT2D eigenvalue weighted by molar-refractivity contribution is -0.130. The van der Waals surface area contributed by atoms with Crippen molar-refractivity contribution < 1.29 is 28.3 Å². The summed E-state index contributed by atoms with van der Waals surface area (Å²) in [7, 11) is 0. The standard InChI is InChI=1S/C26H23BrN2O6/c1-3-33-22-12-18(21(27)13-23(22)35-15-17-8-6-16(2)7-9-17)11-20-24(30)28-26(32)29(25(20)31)14-19-5-4-10-34-19/h4-13H,3,14-15H2,1-2H3,(H,28,30,32)/b20-11+. The van der Waals surface area contributed by atoms with Crippen molar-refractivity contribution >= 4 is 39.9 Å². The lowest BCUT2D eigenvalue weighted by Crippen LogP contribution is -2.53. The van der Waals surface area contributed by atoms with E-state index in [1.165, 1.54) is 12.3 Å². The van der Waals surface area contributed by atoms with E-state index >= 15 is 0 Å². The Morgan fingerprint density at radius 1 is 1.06 bits per heavy atom. The Bertz CT molecular complexity index is 1280. The van der Waals surface area contributed by atoms with Crippen molar-refractivity contribution in [1.82, 2.24) is 10.2 Å². The second-order valence-corrected chi connectivity index (χ2v) is 8.67. The maximum Gasteiger partial charge on any atom is 0.331 e. The number of barbiturate groups is 1. The number of nitrogens with zero attached hydrogens (tertiary/aromatic N) is 1. The van der Waals surface area contributed by atoms with Crippen molar-refractivity contribution in [3.8, 4) is 11.5 Å². The Morgan fingerprint density at radius 2 is 1.80 bits per heavy atom. The maximum absolute atomic E-state index is 13.0. The fraction of sp³-hybridized carbons (Fsp3) is 0.192. The molecule has 1 fully saturated rings. The van der Waals surface area contributed by atoms with Crippen molar-refractivity contribution in [1.29, 1.82) is 0 Å². The zero-order valence-electron chi connectivity index (χ0n) is 19.2. The Kier molecular flexibility index (Phi) is 7.36. The number of benzene rings is 2. The number of rotatable bonds is 8. The number of amides is 4. The van der Waals surface area contributed by atoms with Crippen molar-refractivity contribution in [3.63, 3.8) is 0 Å². The highest BCUT2D eigenvalue weighted by Crippen LogP contribution is 2.36. The van der Waals surface area contributed by atoms with Crippen LogP contribution in [0.25, 0.3) is 6.08 Å². The van der Waals surface area contributed by atoms with Gasteiger partial charge in [0, 0.05) is 4.47 Å². The average molecular weight is 539 g/mol. The first-order valence-corrected chi connectivity index (χ1v) is 11.7. The third-order valence-corrected chi connectivity index (χ3v) is 5.94. The number of nitrogens with one attached hydrogen (secondary N) is 1. The first kappa shape index (κ1) is 24.3. The summed E-state index contributed by atoms with van der Waals surface area (Å²) < 4.78 is 17.6. The first-order chi connectivity index (χ1) is 16.9. The number of hydrogen-bond acceptors (Lipinski definition) is 6. The minimum Gasteiger partial charge on any atom is -0.490 e. The molecule has 1 N–H and O–H groups in total. The molecule has 0 saturated carbocycles. The van der Waals surface area contributed by atoms with Gasteiger partial charge < -0.3 is 13.9 Å². The minimum absolute atomic E-state index is 0.0978. The van der Waals surface area contributed by atoms with E-state index < -0.39 is 17.8 Å². The van der Waals surface area contributed by atoms with Crippen molar-refractivity contribution in [2.75, 3.05) is 6.61 Å². The first-order valence-electron chi connectivity index (χ1n) is 10.9. The van der Waals surface area contributed by atoms with Crippen LogP contribution >= 0.6 is 15.9 Å². The van der Waals surface area contributed by atoms with E-state index in [1.54, 1.807) is 24.3 Å². The summed E-state index contributed by atoms with van der Waals surface area (Å²) in [5, 5.41) is 2.20. The highest BCUT2D eigenvalue weighted by atomic mass is 79.9. The number of imide groups is 2. The van der Waals surface area contributed by atoms with Gasteiger partial charge in [0.25, 0.3) is 11.8 Å². The van der Waals surface area contributed by atoms with Crippen molar-refractivity contribution in [2.45, 2.75) is 27.0 Å². The number of furan rings is 1. The van der Waals surface area contributed by atoms with Gasteiger partial charge in [-0.15, -0.1) is 0 Å². The van der Waals surface area contributed by atoms with Crippen LogP contribution in [0.4, 0.5) is 4.79 Å². The molecule has 2 aromatic carbocycles. The van der Waals surface area contributed by atoms with Gasteiger partial charge in [-0.05, 0) is 55.3 Å². The van der Waals surface area contributed by atoms with E-state index in [2.05, 4.69) is 21.2 Å². The second kappa shape index (κ2) is 10.6. The van der Waals surface area contributed by atoms with Crippen LogP contribution in [0.15, 0.2) is 69.3 Å². The SMILES string of the molecule is CCOc1cc(/C=C2\C(=O)NC(=O)N(Cc3ccco3)C2=O)c(Br)cc1OCc1ccc(C)cc1. The van der Waals surface area contributed by atoms with Gasteiger partial charge in [0.1, 0.15) is 17.9 Å². The molecular formula is C26H23BrN2O6. The molecule has 180 valence electrons. The third kappa shape index (κ3) is 5.63. The molecule has 1 aliphatic rings. The summed E-state index contributed by atoms with van der Waals surface area (Å²) in [5.41, 5.74) is 2.50. The number of halogens is 1. The van der Waals surface area contributed by atoms with Gasteiger partial charge in [-0.3, -0.25) is 19.8 Å². The average Bonchev–Trinajstić information content (AvgIpc) is 3.34. The van der Waals surface area contributed by atoms with Crippen LogP contribution in [-0.2, 0) is 22.7 Å². The zero-order valence-corrected chi connectivity index (χ0v) is 20.8. The number of ether oxygens (including phenoxy) is 2. The molecule has 0 bridgehead atoms. The molecule has 2 heterocycles. The highest BCUT2D eigenvalue weighted by molar-refractivity contribution is 9.10. The summed E-state index contributed by atoms with van der Waals surface area (Å²) in [6, 6.07) is 13.9. The lowest BCUT2D eigenvalue weighted by Gasteiger charge is -2.25. The van der Waals surface area contributed by atoms with Crippen LogP contribution < -0.4 is 14.8 Å². The molecule has 4 amide bonds. The van der Waals surface area contributed by atoms with Crippen LogP contribution in [0, 0.1) is 6.92 Å². The van der Waals surface area contributed by atoms with E-state index in [4.69, 9.17) is 13.9 Å². The molecule has 35 heavy (non-hydrogen) atoms. The zero-order chi connectivity index (χ0) is 24.9. The molecule has 0 unspecified atom stereocenters. The van der Waals surface area contributed by atoms with E-state index in [0.717, 1.165) is 16.0 Å². The van der Waals surface area contributed by atoms with Gasteiger partial charge >= 0.3 is 6.03 Å². The fourth-order valence-electron chi connectivity index (χ4n) is 3.44. The summed E-state index contributed by atoms with van der Waals surface area (Å²) in [6.45, 7) is 4.51. The number of hydrogen-bond donors (Lipinski definition) is 1. The molecule has 1 saturated heterocycles. The third-order valence-electron chi connectivity index (χ3n) is 5.26. The van der Waals surface area contributed by atoms with Crippen LogP contribution in [0.3, 0.4) is 0 Å². The predicted molar refractivity (Wildman–Crippen MR) is 132 cm³/mol. The van der Waals surface area contributed by atoms with Crippen LogP contribution in [-0.4, -0.2) is 29.4 Å². The largest absolute Gasteiger partial charge is 0.490 e. The van der Waals surface area contributed by atoms with Gasteiger partial charge in [0.05, 0.1) is 19.4 Å². The normalized spacial score (nSPS) is 14.9. The fourth-order valence-corrected chi connectivity index (χ4v) is 3.88. The van der Waals surface area contributed by atoms with E-state index in [0.29, 0.717) is 40.5 Å². The topological polar surface area (TPSA) is 98.1 Å². The minimum atomic E-state index is -0.803. The molecule has 3 aromatic rings. The Morgan fingerprint density at radius 3 is 2.49 bits per heavy atom. The molecule has 0 radical (unpaired) electrons. The molecule has 9 heteroatoms. The quantitative estimate of drug-likeness (QED) is 0.320. The van der Waals surface area contributed by atoms with E-state index in [-0.39, 0.29) is 12.1 Å². The molecule has 1 aromatic heterocycles.